The Kier molecular flexibility index (Phi) is 4.61. The lowest BCUT2D eigenvalue weighted by Gasteiger charge is -2.14. The van der Waals surface area contributed by atoms with Crippen LogP contribution >= 0.6 is 15.9 Å². The van der Waals surface area contributed by atoms with Gasteiger partial charge in [-0.05, 0) is 37.0 Å². The second-order valence-corrected chi connectivity index (χ2v) is 5.18. The Labute approximate surface area is 99.6 Å². The predicted molar refractivity (Wildman–Crippen MR) is 67.6 cm³/mol. The van der Waals surface area contributed by atoms with Crippen molar-refractivity contribution < 1.29 is 5.11 Å². The minimum Gasteiger partial charge on any atom is -0.398 e. The third-order valence-electron chi connectivity index (χ3n) is 2.43. The Morgan fingerprint density at radius 2 is 2.00 bits per heavy atom. The van der Waals surface area contributed by atoms with Crippen LogP contribution in [0, 0.1) is 5.92 Å². The molecule has 3 heteroatoms. The van der Waals surface area contributed by atoms with E-state index < -0.39 is 6.10 Å². The van der Waals surface area contributed by atoms with Crippen molar-refractivity contribution in [2.75, 3.05) is 5.73 Å². The summed E-state index contributed by atoms with van der Waals surface area (Å²) in [4.78, 5) is 0. The molecule has 15 heavy (non-hydrogen) atoms. The molecule has 0 aromatic heterocycles. The summed E-state index contributed by atoms with van der Waals surface area (Å²) >= 11 is 3.38. The quantitative estimate of drug-likeness (QED) is 0.824. The summed E-state index contributed by atoms with van der Waals surface area (Å²) < 4.78 is 0.954. The average molecular weight is 272 g/mol. The van der Waals surface area contributed by atoms with E-state index in [2.05, 4.69) is 29.8 Å². The maximum absolute atomic E-state index is 9.97. The molecule has 0 radical (unpaired) electrons. The van der Waals surface area contributed by atoms with Crippen molar-refractivity contribution in [2.24, 2.45) is 5.92 Å². The summed E-state index contributed by atoms with van der Waals surface area (Å²) in [7, 11) is 0. The Balaban J connectivity index is 2.72. The van der Waals surface area contributed by atoms with Crippen LogP contribution in [-0.4, -0.2) is 5.11 Å². The van der Waals surface area contributed by atoms with Gasteiger partial charge < -0.3 is 10.8 Å². The molecule has 1 unspecified atom stereocenters. The number of nitrogens with two attached hydrogens (primary N) is 1. The molecule has 0 saturated carbocycles. The summed E-state index contributed by atoms with van der Waals surface area (Å²) in [5.41, 5.74) is 7.30. The first-order valence-electron chi connectivity index (χ1n) is 5.23. The number of hydrogen-bond donors (Lipinski definition) is 2. The zero-order valence-corrected chi connectivity index (χ0v) is 10.8. The van der Waals surface area contributed by atoms with Crippen LogP contribution in [-0.2, 0) is 0 Å². The fraction of sp³-hybridized carbons (Fsp3) is 0.500. The van der Waals surface area contributed by atoms with Gasteiger partial charge in [-0.25, -0.2) is 0 Å². The van der Waals surface area contributed by atoms with Gasteiger partial charge in [0.05, 0.1) is 6.10 Å². The zero-order valence-electron chi connectivity index (χ0n) is 9.20. The number of anilines is 1. The van der Waals surface area contributed by atoms with Crippen molar-refractivity contribution in [3.63, 3.8) is 0 Å². The molecule has 0 bridgehead atoms. The van der Waals surface area contributed by atoms with E-state index in [4.69, 9.17) is 5.73 Å². The van der Waals surface area contributed by atoms with Crippen molar-refractivity contribution in [1.82, 2.24) is 0 Å². The largest absolute Gasteiger partial charge is 0.398 e. The number of hydrogen-bond acceptors (Lipinski definition) is 2. The molecule has 1 atom stereocenters. The first-order valence-corrected chi connectivity index (χ1v) is 6.03. The number of aliphatic hydroxyl groups excluding tert-OH is 1. The molecule has 0 heterocycles. The van der Waals surface area contributed by atoms with Gasteiger partial charge in [-0.2, -0.15) is 0 Å². The normalized spacial score (nSPS) is 13.1. The molecular weight excluding hydrogens is 254 g/mol. The highest BCUT2D eigenvalue weighted by molar-refractivity contribution is 9.10. The molecule has 0 saturated heterocycles. The van der Waals surface area contributed by atoms with Crippen molar-refractivity contribution in [2.45, 2.75) is 32.8 Å². The van der Waals surface area contributed by atoms with Gasteiger partial charge in [-0.3, -0.25) is 0 Å². The molecule has 1 aromatic rings. The van der Waals surface area contributed by atoms with Crippen molar-refractivity contribution >= 4 is 21.6 Å². The number of halogens is 1. The fourth-order valence-electron chi connectivity index (χ4n) is 1.48. The zero-order chi connectivity index (χ0) is 11.4. The molecule has 3 N–H and O–H groups in total. The van der Waals surface area contributed by atoms with Gasteiger partial charge in [-0.1, -0.05) is 29.8 Å². The van der Waals surface area contributed by atoms with Crippen LogP contribution in [0.5, 0.6) is 0 Å². The lowest BCUT2D eigenvalue weighted by molar-refractivity contribution is 0.160. The summed E-state index contributed by atoms with van der Waals surface area (Å²) in [6.45, 7) is 4.30. The second-order valence-electron chi connectivity index (χ2n) is 4.26. The van der Waals surface area contributed by atoms with Crippen LogP contribution in [0.2, 0.25) is 0 Å². The molecule has 0 aliphatic carbocycles. The summed E-state index contributed by atoms with van der Waals surface area (Å²) in [5.74, 6) is 0.605. The topological polar surface area (TPSA) is 46.2 Å². The van der Waals surface area contributed by atoms with E-state index in [1.165, 1.54) is 0 Å². The Hall–Kier alpha value is -0.540. The van der Waals surface area contributed by atoms with Crippen LogP contribution in [0.1, 0.15) is 38.4 Å². The number of nitrogen functional groups attached to an aromatic ring is 1. The highest BCUT2D eigenvalue weighted by Crippen LogP contribution is 2.28. The lowest BCUT2D eigenvalue weighted by atomic mass is 9.99. The molecule has 0 spiro atoms. The molecule has 1 aromatic carbocycles. The van der Waals surface area contributed by atoms with E-state index in [0.29, 0.717) is 11.6 Å². The first kappa shape index (κ1) is 12.5. The first-order chi connectivity index (χ1) is 7.00. The highest BCUT2D eigenvalue weighted by atomic mass is 79.9. The molecule has 0 amide bonds. The van der Waals surface area contributed by atoms with Gasteiger partial charge in [0.15, 0.2) is 0 Å². The monoisotopic (exact) mass is 271 g/mol. The van der Waals surface area contributed by atoms with Crippen molar-refractivity contribution in [3.8, 4) is 0 Å². The molecule has 0 fully saturated rings. The smallest absolute Gasteiger partial charge is 0.0810 e. The molecule has 84 valence electrons. The van der Waals surface area contributed by atoms with Crippen LogP contribution in [0.3, 0.4) is 0 Å². The van der Waals surface area contributed by atoms with Gasteiger partial charge in [0, 0.05) is 15.7 Å². The number of benzene rings is 1. The Morgan fingerprint density at radius 1 is 1.33 bits per heavy atom. The molecule has 2 nitrogen and oxygen atoms in total. The van der Waals surface area contributed by atoms with Crippen molar-refractivity contribution in [1.29, 1.82) is 0 Å². The van der Waals surface area contributed by atoms with E-state index in [9.17, 15) is 5.11 Å². The second kappa shape index (κ2) is 5.52. The van der Waals surface area contributed by atoms with Gasteiger partial charge in [0.25, 0.3) is 0 Å². The summed E-state index contributed by atoms with van der Waals surface area (Å²) in [6.07, 6.45) is 1.32. The van der Waals surface area contributed by atoms with E-state index in [-0.39, 0.29) is 0 Å². The van der Waals surface area contributed by atoms with E-state index in [1.54, 1.807) is 0 Å². The van der Waals surface area contributed by atoms with Crippen LogP contribution in [0.4, 0.5) is 5.69 Å². The molecular formula is C12H18BrNO. The Morgan fingerprint density at radius 3 is 2.60 bits per heavy atom. The van der Waals surface area contributed by atoms with Crippen LogP contribution in [0.25, 0.3) is 0 Å². The van der Waals surface area contributed by atoms with Crippen LogP contribution < -0.4 is 5.73 Å². The number of rotatable bonds is 4. The van der Waals surface area contributed by atoms with Crippen molar-refractivity contribution in [3.05, 3.63) is 28.2 Å². The third kappa shape index (κ3) is 3.84. The maximum Gasteiger partial charge on any atom is 0.0810 e. The minimum absolute atomic E-state index is 0.454. The molecule has 1 rings (SSSR count). The standard InChI is InChI=1S/C12H18BrNO/c1-8(2)3-6-12(15)10-7-9(13)4-5-11(10)14/h4-5,7-8,12,15H,3,6,14H2,1-2H3. The highest BCUT2D eigenvalue weighted by Gasteiger charge is 2.11. The number of aliphatic hydroxyl groups is 1. The van der Waals surface area contributed by atoms with E-state index in [1.807, 2.05) is 18.2 Å². The Bertz CT molecular complexity index is 325. The predicted octanol–water partition coefficient (Wildman–Crippen LogP) is 3.50. The van der Waals surface area contributed by atoms with E-state index in [0.717, 1.165) is 22.9 Å². The van der Waals surface area contributed by atoms with E-state index >= 15 is 0 Å². The SMILES string of the molecule is CC(C)CCC(O)c1cc(Br)ccc1N. The molecule has 0 aliphatic rings. The van der Waals surface area contributed by atoms with Gasteiger partial charge in [0.1, 0.15) is 0 Å². The maximum atomic E-state index is 9.97. The summed E-state index contributed by atoms with van der Waals surface area (Å²) in [6, 6.07) is 5.59. The van der Waals surface area contributed by atoms with Gasteiger partial charge in [-0.15, -0.1) is 0 Å². The van der Waals surface area contributed by atoms with Gasteiger partial charge >= 0.3 is 0 Å². The molecule has 0 aliphatic heterocycles. The van der Waals surface area contributed by atoms with Crippen LogP contribution in [0.15, 0.2) is 22.7 Å². The average Bonchev–Trinajstić information content (AvgIpc) is 2.18. The van der Waals surface area contributed by atoms with Gasteiger partial charge in [0.2, 0.25) is 0 Å². The third-order valence-corrected chi connectivity index (χ3v) is 2.92. The fourth-order valence-corrected chi connectivity index (χ4v) is 1.86. The lowest BCUT2D eigenvalue weighted by Crippen LogP contribution is -2.03. The minimum atomic E-state index is -0.454. The summed E-state index contributed by atoms with van der Waals surface area (Å²) in [5, 5.41) is 9.97.